The maximum Gasteiger partial charge on any atom is 0.321 e. The standard InChI is InChI=1S/C11H16N2O3/c1-3-16-11(14)8-12-13-9-4-6-10(15-2)7-5-9/h4-7,12-13H,3,8H2,1-2H3. The van der Waals surface area contributed by atoms with E-state index < -0.39 is 0 Å². The number of rotatable bonds is 6. The van der Waals surface area contributed by atoms with Crippen molar-refractivity contribution < 1.29 is 14.3 Å². The maximum atomic E-state index is 11.0. The lowest BCUT2D eigenvalue weighted by molar-refractivity contribution is -0.141. The quantitative estimate of drug-likeness (QED) is 0.561. The molecule has 1 rings (SSSR count). The molecule has 0 radical (unpaired) electrons. The number of hydrogen-bond donors (Lipinski definition) is 2. The molecule has 1 aromatic carbocycles. The molecule has 0 saturated carbocycles. The number of benzene rings is 1. The molecule has 0 saturated heterocycles. The average molecular weight is 224 g/mol. The lowest BCUT2D eigenvalue weighted by Gasteiger charge is -2.08. The summed E-state index contributed by atoms with van der Waals surface area (Å²) in [7, 11) is 1.61. The lowest BCUT2D eigenvalue weighted by Crippen LogP contribution is -2.29. The van der Waals surface area contributed by atoms with Gasteiger partial charge in [0.1, 0.15) is 12.3 Å². The second kappa shape index (κ2) is 6.68. The molecule has 0 spiro atoms. The van der Waals surface area contributed by atoms with Crippen LogP contribution in [-0.2, 0) is 9.53 Å². The van der Waals surface area contributed by atoms with Gasteiger partial charge >= 0.3 is 5.97 Å². The molecule has 0 heterocycles. The molecule has 5 nitrogen and oxygen atoms in total. The number of ether oxygens (including phenoxy) is 2. The SMILES string of the molecule is CCOC(=O)CNNc1ccc(OC)cc1. The summed E-state index contributed by atoms with van der Waals surface area (Å²) in [4.78, 5) is 11.0. The molecule has 0 aromatic heterocycles. The third-order valence-corrected chi connectivity index (χ3v) is 1.86. The molecular formula is C11H16N2O3. The van der Waals surface area contributed by atoms with Crippen molar-refractivity contribution in [1.82, 2.24) is 5.43 Å². The first-order valence-corrected chi connectivity index (χ1v) is 5.04. The summed E-state index contributed by atoms with van der Waals surface area (Å²) in [6, 6.07) is 7.34. The van der Waals surface area contributed by atoms with Crippen molar-refractivity contribution in [3.63, 3.8) is 0 Å². The fourth-order valence-corrected chi connectivity index (χ4v) is 1.10. The minimum Gasteiger partial charge on any atom is -0.497 e. The highest BCUT2D eigenvalue weighted by Gasteiger charge is 1.99. The Bertz CT molecular complexity index is 325. The molecule has 0 aliphatic heterocycles. The molecule has 0 aliphatic rings. The largest absolute Gasteiger partial charge is 0.497 e. The van der Waals surface area contributed by atoms with Gasteiger partial charge in [0.15, 0.2) is 0 Å². The van der Waals surface area contributed by atoms with E-state index in [-0.39, 0.29) is 12.5 Å². The van der Waals surface area contributed by atoms with Gasteiger partial charge in [0.2, 0.25) is 0 Å². The van der Waals surface area contributed by atoms with Crippen LogP contribution in [0.5, 0.6) is 5.75 Å². The predicted octanol–water partition coefficient (Wildman–Crippen LogP) is 1.17. The van der Waals surface area contributed by atoms with Crippen LogP contribution in [0.25, 0.3) is 0 Å². The smallest absolute Gasteiger partial charge is 0.321 e. The fourth-order valence-electron chi connectivity index (χ4n) is 1.10. The Balaban J connectivity index is 2.29. The van der Waals surface area contributed by atoms with Crippen LogP contribution in [-0.4, -0.2) is 26.2 Å². The van der Waals surface area contributed by atoms with Crippen LogP contribution in [0.1, 0.15) is 6.92 Å². The van der Waals surface area contributed by atoms with Gasteiger partial charge in [0.25, 0.3) is 0 Å². The first kappa shape index (κ1) is 12.3. The number of hydrazine groups is 1. The Morgan fingerprint density at radius 3 is 2.56 bits per heavy atom. The van der Waals surface area contributed by atoms with Crippen LogP contribution in [0.15, 0.2) is 24.3 Å². The van der Waals surface area contributed by atoms with E-state index in [9.17, 15) is 4.79 Å². The van der Waals surface area contributed by atoms with Crippen molar-refractivity contribution in [3.8, 4) is 5.75 Å². The molecule has 16 heavy (non-hydrogen) atoms. The zero-order valence-corrected chi connectivity index (χ0v) is 9.45. The number of carbonyl (C=O) groups excluding carboxylic acids is 1. The van der Waals surface area contributed by atoms with Gasteiger partial charge in [-0.25, -0.2) is 5.43 Å². The van der Waals surface area contributed by atoms with Gasteiger partial charge in [-0.3, -0.25) is 4.79 Å². The van der Waals surface area contributed by atoms with Crippen molar-refractivity contribution in [1.29, 1.82) is 0 Å². The second-order valence-electron chi connectivity index (χ2n) is 3.01. The van der Waals surface area contributed by atoms with E-state index >= 15 is 0 Å². The molecule has 2 N–H and O–H groups in total. The van der Waals surface area contributed by atoms with E-state index in [0.717, 1.165) is 11.4 Å². The topological polar surface area (TPSA) is 59.6 Å². The summed E-state index contributed by atoms with van der Waals surface area (Å²) in [6.45, 7) is 2.29. The first-order valence-electron chi connectivity index (χ1n) is 5.04. The second-order valence-corrected chi connectivity index (χ2v) is 3.01. The molecule has 0 aliphatic carbocycles. The van der Waals surface area contributed by atoms with Crippen molar-refractivity contribution in [2.75, 3.05) is 25.7 Å². The number of nitrogens with one attached hydrogen (secondary N) is 2. The molecule has 0 unspecified atom stereocenters. The van der Waals surface area contributed by atoms with E-state index in [1.54, 1.807) is 14.0 Å². The van der Waals surface area contributed by atoms with Crippen LogP contribution in [0.3, 0.4) is 0 Å². The van der Waals surface area contributed by atoms with Crippen molar-refractivity contribution in [3.05, 3.63) is 24.3 Å². The van der Waals surface area contributed by atoms with Crippen LogP contribution >= 0.6 is 0 Å². The third-order valence-electron chi connectivity index (χ3n) is 1.86. The fraction of sp³-hybridized carbons (Fsp3) is 0.364. The van der Waals surface area contributed by atoms with Gasteiger partial charge in [0.05, 0.1) is 13.7 Å². The highest BCUT2D eigenvalue weighted by molar-refractivity contribution is 5.71. The molecule has 1 aromatic rings. The molecule has 88 valence electrons. The average Bonchev–Trinajstić information content (AvgIpc) is 2.30. The minimum absolute atomic E-state index is 0.125. The zero-order chi connectivity index (χ0) is 11.8. The normalized spacial score (nSPS) is 9.62. The summed E-state index contributed by atoms with van der Waals surface area (Å²) in [5.41, 5.74) is 6.49. The monoisotopic (exact) mass is 224 g/mol. The van der Waals surface area contributed by atoms with Gasteiger partial charge in [-0.1, -0.05) is 0 Å². The van der Waals surface area contributed by atoms with E-state index in [2.05, 4.69) is 10.9 Å². The molecule has 0 atom stereocenters. The zero-order valence-electron chi connectivity index (χ0n) is 9.45. The Hall–Kier alpha value is -1.75. The van der Waals surface area contributed by atoms with Crippen LogP contribution < -0.4 is 15.6 Å². The van der Waals surface area contributed by atoms with Gasteiger partial charge in [-0.15, -0.1) is 0 Å². The van der Waals surface area contributed by atoms with Crippen LogP contribution in [0.2, 0.25) is 0 Å². The Morgan fingerprint density at radius 1 is 1.31 bits per heavy atom. The number of anilines is 1. The molecule has 0 bridgehead atoms. The third kappa shape index (κ3) is 4.18. The van der Waals surface area contributed by atoms with E-state index in [1.165, 1.54) is 0 Å². The predicted molar refractivity (Wildman–Crippen MR) is 61.3 cm³/mol. The summed E-state index contributed by atoms with van der Waals surface area (Å²) < 4.78 is 9.78. The van der Waals surface area contributed by atoms with Crippen molar-refractivity contribution in [2.45, 2.75) is 6.92 Å². The Kier molecular flexibility index (Phi) is 5.15. The van der Waals surface area contributed by atoms with Gasteiger partial charge in [-0.2, -0.15) is 0 Å². The summed E-state index contributed by atoms with van der Waals surface area (Å²) in [6.07, 6.45) is 0. The summed E-state index contributed by atoms with van der Waals surface area (Å²) in [5.74, 6) is 0.499. The highest BCUT2D eigenvalue weighted by Crippen LogP contribution is 2.13. The number of hydrogen-bond acceptors (Lipinski definition) is 5. The minimum atomic E-state index is -0.288. The van der Waals surface area contributed by atoms with E-state index in [1.807, 2.05) is 24.3 Å². The molecule has 0 fully saturated rings. The van der Waals surface area contributed by atoms with Gasteiger partial charge < -0.3 is 14.9 Å². The van der Waals surface area contributed by atoms with Gasteiger partial charge in [0, 0.05) is 5.69 Å². The number of carbonyl (C=O) groups is 1. The van der Waals surface area contributed by atoms with Crippen molar-refractivity contribution >= 4 is 11.7 Å². The number of esters is 1. The molecule has 0 amide bonds. The van der Waals surface area contributed by atoms with Crippen LogP contribution in [0.4, 0.5) is 5.69 Å². The van der Waals surface area contributed by atoms with Crippen molar-refractivity contribution in [2.24, 2.45) is 0 Å². The van der Waals surface area contributed by atoms with Crippen LogP contribution in [0, 0.1) is 0 Å². The molecule has 5 heteroatoms. The lowest BCUT2D eigenvalue weighted by atomic mass is 10.3. The maximum absolute atomic E-state index is 11.0. The van der Waals surface area contributed by atoms with Gasteiger partial charge in [-0.05, 0) is 31.2 Å². The van der Waals surface area contributed by atoms with E-state index in [0.29, 0.717) is 6.61 Å². The van der Waals surface area contributed by atoms with E-state index in [4.69, 9.17) is 9.47 Å². The summed E-state index contributed by atoms with van der Waals surface area (Å²) in [5, 5.41) is 0. The first-order chi connectivity index (χ1) is 7.76. The highest BCUT2D eigenvalue weighted by atomic mass is 16.5. The Labute approximate surface area is 94.7 Å². The molecular weight excluding hydrogens is 208 g/mol. The Morgan fingerprint density at radius 2 is 2.00 bits per heavy atom. The number of methoxy groups -OCH3 is 1. The summed E-state index contributed by atoms with van der Waals surface area (Å²) >= 11 is 0.